The minimum Gasteiger partial charge on any atom is -0.301 e. The van der Waals surface area contributed by atoms with Crippen LogP contribution in [0.3, 0.4) is 0 Å². The first-order valence-corrected chi connectivity index (χ1v) is 10.8. The average Bonchev–Trinajstić information content (AvgIpc) is 3.33. The maximum absolute atomic E-state index is 12.2. The highest BCUT2D eigenvalue weighted by molar-refractivity contribution is 8.01. The molecule has 0 aliphatic carbocycles. The number of nitro benzene ring substituents is 1. The fourth-order valence-corrected chi connectivity index (χ4v) is 5.04. The Kier molecular flexibility index (Phi) is 5.33. The number of hydrogen-bond donors (Lipinski definition) is 1. The highest BCUT2D eigenvalue weighted by Gasteiger charge is 2.12. The molecule has 2 aromatic heterocycles. The number of rotatable bonds is 6. The van der Waals surface area contributed by atoms with Crippen molar-refractivity contribution in [3.05, 3.63) is 64.0 Å². The van der Waals surface area contributed by atoms with Gasteiger partial charge < -0.3 is 5.32 Å². The molecular weight excluding hydrogens is 416 g/mol. The molecule has 0 aliphatic heterocycles. The number of nitrogens with zero attached hydrogens (tertiary/aromatic N) is 3. The molecule has 2 aromatic carbocycles. The van der Waals surface area contributed by atoms with E-state index in [0.717, 1.165) is 14.6 Å². The molecule has 0 saturated heterocycles. The summed E-state index contributed by atoms with van der Waals surface area (Å²) in [5.41, 5.74) is 2.15. The molecule has 7 nitrogen and oxygen atoms in total. The van der Waals surface area contributed by atoms with Crippen LogP contribution in [-0.2, 0) is 4.79 Å². The number of amides is 1. The lowest BCUT2D eigenvalue weighted by Gasteiger charge is -2.00. The number of aromatic nitrogens is 2. The van der Waals surface area contributed by atoms with Crippen LogP contribution >= 0.6 is 34.4 Å². The van der Waals surface area contributed by atoms with Crippen LogP contribution in [0.4, 0.5) is 10.8 Å². The molecule has 1 N–H and O–H groups in total. The molecule has 0 aliphatic rings. The lowest BCUT2D eigenvalue weighted by molar-refractivity contribution is -0.384. The molecule has 140 valence electrons. The number of hydrogen-bond acceptors (Lipinski definition) is 8. The van der Waals surface area contributed by atoms with Crippen LogP contribution in [-0.4, -0.2) is 26.6 Å². The van der Waals surface area contributed by atoms with Gasteiger partial charge >= 0.3 is 0 Å². The molecule has 4 rings (SSSR count). The molecular formula is C18H12N4O3S3. The molecule has 2 heterocycles. The number of nitro groups is 1. The van der Waals surface area contributed by atoms with E-state index < -0.39 is 4.92 Å². The zero-order chi connectivity index (χ0) is 19.5. The minimum atomic E-state index is -0.447. The van der Waals surface area contributed by atoms with Crippen molar-refractivity contribution in [1.29, 1.82) is 0 Å². The number of para-hydroxylation sites is 1. The number of benzene rings is 2. The van der Waals surface area contributed by atoms with Crippen LogP contribution in [0, 0.1) is 10.1 Å². The summed E-state index contributed by atoms with van der Waals surface area (Å²) >= 11 is 4.21. The van der Waals surface area contributed by atoms with Gasteiger partial charge in [-0.25, -0.2) is 9.97 Å². The van der Waals surface area contributed by atoms with Crippen molar-refractivity contribution in [2.24, 2.45) is 0 Å². The average molecular weight is 429 g/mol. The molecule has 0 unspecified atom stereocenters. The van der Waals surface area contributed by atoms with E-state index in [1.54, 1.807) is 28.8 Å². The van der Waals surface area contributed by atoms with E-state index >= 15 is 0 Å². The van der Waals surface area contributed by atoms with E-state index in [4.69, 9.17) is 0 Å². The van der Waals surface area contributed by atoms with E-state index in [9.17, 15) is 14.9 Å². The van der Waals surface area contributed by atoms with Crippen LogP contribution < -0.4 is 5.32 Å². The molecule has 28 heavy (non-hydrogen) atoms. The Morgan fingerprint density at radius 3 is 2.86 bits per heavy atom. The summed E-state index contributed by atoms with van der Waals surface area (Å²) in [6.45, 7) is 0. The van der Waals surface area contributed by atoms with E-state index in [0.29, 0.717) is 16.4 Å². The van der Waals surface area contributed by atoms with Gasteiger partial charge in [-0.1, -0.05) is 36.0 Å². The predicted molar refractivity (Wildman–Crippen MR) is 113 cm³/mol. The summed E-state index contributed by atoms with van der Waals surface area (Å²) in [7, 11) is 0. The highest BCUT2D eigenvalue weighted by atomic mass is 32.2. The Hall–Kier alpha value is -2.82. The van der Waals surface area contributed by atoms with Crippen LogP contribution in [0.2, 0.25) is 0 Å². The lowest BCUT2D eigenvalue weighted by Crippen LogP contribution is -2.13. The molecule has 0 spiro atoms. The molecule has 10 heteroatoms. The number of non-ortho nitro benzene ring substituents is 1. The predicted octanol–water partition coefficient (Wildman–Crippen LogP) is 5.06. The van der Waals surface area contributed by atoms with Crippen LogP contribution in [0.5, 0.6) is 0 Å². The Labute approximate surface area is 171 Å². The van der Waals surface area contributed by atoms with Gasteiger partial charge in [-0.3, -0.25) is 14.9 Å². The highest BCUT2D eigenvalue weighted by Crippen LogP contribution is 2.30. The first kappa shape index (κ1) is 18.5. The van der Waals surface area contributed by atoms with E-state index in [2.05, 4.69) is 15.3 Å². The first-order valence-electron chi connectivity index (χ1n) is 8.07. The quantitative estimate of drug-likeness (QED) is 0.262. The van der Waals surface area contributed by atoms with Crippen molar-refractivity contribution in [2.45, 2.75) is 4.34 Å². The monoisotopic (exact) mass is 428 g/mol. The summed E-state index contributed by atoms with van der Waals surface area (Å²) < 4.78 is 1.93. The normalized spacial score (nSPS) is 10.9. The maximum atomic E-state index is 12.2. The standard InChI is InChI=1S/C18H12N4O3S3/c23-16(10-27-18-20-13-6-1-2-7-15(13)28-18)21-17-19-14(9-26-17)11-4-3-5-12(8-11)22(24)25/h1-9H,10H2,(H,19,21,23). The minimum absolute atomic E-state index is 0.00307. The van der Waals surface area contributed by atoms with Crippen molar-refractivity contribution in [3.63, 3.8) is 0 Å². The molecule has 0 bridgehead atoms. The number of carbonyl (C=O) groups excluding carboxylic acids is 1. The molecule has 0 saturated carbocycles. The van der Waals surface area contributed by atoms with Crippen LogP contribution in [0.1, 0.15) is 0 Å². The summed E-state index contributed by atoms with van der Waals surface area (Å²) in [4.78, 5) is 31.5. The van der Waals surface area contributed by atoms with Crippen molar-refractivity contribution in [3.8, 4) is 11.3 Å². The van der Waals surface area contributed by atoms with E-state index in [-0.39, 0.29) is 17.3 Å². The zero-order valence-electron chi connectivity index (χ0n) is 14.2. The van der Waals surface area contributed by atoms with Gasteiger partial charge in [0.15, 0.2) is 9.47 Å². The molecule has 1 amide bonds. The van der Waals surface area contributed by atoms with Gasteiger partial charge in [0.2, 0.25) is 5.91 Å². The second-order valence-corrected chi connectivity index (χ2v) is 8.74. The van der Waals surface area contributed by atoms with Crippen molar-refractivity contribution >= 4 is 61.4 Å². The number of thiazole rings is 2. The summed E-state index contributed by atoms with van der Waals surface area (Å²) in [5.74, 6) is 0.0511. The third-order valence-corrected chi connectivity index (χ3v) is 6.64. The topological polar surface area (TPSA) is 98.0 Å². The Balaban J connectivity index is 1.38. The number of thioether (sulfide) groups is 1. The molecule has 0 radical (unpaired) electrons. The largest absolute Gasteiger partial charge is 0.301 e. The molecule has 0 atom stereocenters. The van der Waals surface area contributed by atoms with Gasteiger partial charge in [0.05, 0.1) is 26.6 Å². The van der Waals surface area contributed by atoms with Gasteiger partial charge in [-0.2, -0.15) is 0 Å². The SMILES string of the molecule is O=C(CSc1nc2ccccc2s1)Nc1nc(-c2cccc([N+](=O)[O-])c2)cs1. The second kappa shape index (κ2) is 8.05. The van der Waals surface area contributed by atoms with Gasteiger partial charge in [0.1, 0.15) is 0 Å². The fraction of sp³-hybridized carbons (Fsp3) is 0.0556. The number of carbonyl (C=O) groups is 1. The number of anilines is 1. The van der Waals surface area contributed by atoms with Gasteiger partial charge in [0, 0.05) is 23.1 Å². The maximum Gasteiger partial charge on any atom is 0.270 e. The van der Waals surface area contributed by atoms with Crippen LogP contribution in [0.25, 0.3) is 21.5 Å². The number of nitrogens with one attached hydrogen (secondary N) is 1. The zero-order valence-corrected chi connectivity index (χ0v) is 16.6. The summed E-state index contributed by atoms with van der Waals surface area (Å²) in [6.07, 6.45) is 0. The third-order valence-electron chi connectivity index (χ3n) is 3.70. The van der Waals surface area contributed by atoms with E-state index in [1.165, 1.54) is 35.2 Å². The Morgan fingerprint density at radius 2 is 2.04 bits per heavy atom. The summed E-state index contributed by atoms with van der Waals surface area (Å²) in [6, 6.07) is 14.1. The van der Waals surface area contributed by atoms with Crippen molar-refractivity contribution in [1.82, 2.24) is 9.97 Å². The Bertz CT molecular complexity index is 1140. The van der Waals surface area contributed by atoms with E-state index in [1.807, 2.05) is 24.3 Å². The second-order valence-electron chi connectivity index (χ2n) is 5.63. The number of fused-ring (bicyclic) bond motifs is 1. The molecule has 4 aromatic rings. The van der Waals surface area contributed by atoms with Crippen molar-refractivity contribution in [2.75, 3.05) is 11.1 Å². The smallest absolute Gasteiger partial charge is 0.270 e. The van der Waals surface area contributed by atoms with Gasteiger partial charge in [-0.05, 0) is 12.1 Å². The first-order chi connectivity index (χ1) is 13.6. The van der Waals surface area contributed by atoms with Gasteiger partial charge in [0.25, 0.3) is 5.69 Å². The molecule has 0 fully saturated rings. The van der Waals surface area contributed by atoms with Crippen molar-refractivity contribution < 1.29 is 9.72 Å². The van der Waals surface area contributed by atoms with Crippen LogP contribution in [0.15, 0.2) is 58.3 Å². The third kappa shape index (κ3) is 4.19. The summed E-state index contributed by atoms with van der Waals surface area (Å²) in [5, 5.41) is 15.9. The fourth-order valence-electron chi connectivity index (χ4n) is 2.44. The van der Waals surface area contributed by atoms with Gasteiger partial charge in [-0.15, -0.1) is 22.7 Å². The Morgan fingerprint density at radius 1 is 1.18 bits per heavy atom. The lowest BCUT2D eigenvalue weighted by atomic mass is 10.1.